The summed E-state index contributed by atoms with van der Waals surface area (Å²) in [5, 5.41) is 9.13. The Morgan fingerprint density at radius 1 is 1.69 bits per heavy atom. The largest absolute Gasteiger partial charge is 0.480 e. The summed E-state index contributed by atoms with van der Waals surface area (Å²) >= 11 is 0. The molecule has 0 radical (unpaired) electrons. The number of imidazole rings is 1. The second-order valence-electron chi connectivity index (χ2n) is 4.90. The van der Waals surface area contributed by atoms with Crippen LogP contribution >= 0.6 is 0 Å². The number of aryl methyl sites for hydroxylation is 1. The van der Waals surface area contributed by atoms with Crippen molar-refractivity contribution in [3.8, 4) is 0 Å². The fourth-order valence-corrected chi connectivity index (χ4v) is 2.29. The van der Waals surface area contributed by atoms with Crippen LogP contribution in [0.4, 0.5) is 0 Å². The number of hydrogen-bond donors (Lipinski definition) is 1. The van der Waals surface area contributed by atoms with E-state index in [1.165, 1.54) is 0 Å². The third-order valence-electron chi connectivity index (χ3n) is 2.97. The summed E-state index contributed by atoms with van der Waals surface area (Å²) in [6, 6.07) is -0.405. The quantitative estimate of drug-likeness (QED) is 0.851. The maximum Gasteiger partial charge on any atom is 0.326 e. The minimum absolute atomic E-state index is 0.405. The molecule has 1 unspecified atom stereocenters. The Morgan fingerprint density at radius 2 is 2.44 bits per heavy atom. The number of aliphatic carboxylic acids is 1. The van der Waals surface area contributed by atoms with Crippen LogP contribution in [0.15, 0.2) is 6.20 Å². The average Bonchev–Trinajstić information content (AvgIpc) is 2.57. The van der Waals surface area contributed by atoms with Gasteiger partial charge in [-0.05, 0) is 25.2 Å². The Hall–Kier alpha value is -1.32. The molecule has 1 aromatic heterocycles. The molecule has 0 fully saturated rings. The van der Waals surface area contributed by atoms with Crippen LogP contribution < -0.4 is 0 Å². The van der Waals surface area contributed by atoms with Gasteiger partial charge in [0, 0.05) is 12.6 Å². The maximum absolute atomic E-state index is 11.1. The van der Waals surface area contributed by atoms with Crippen molar-refractivity contribution in [1.29, 1.82) is 0 Å². The number of rotatable bonds is 3. The third kappa shape index (κ3) is 2.10. The molecule has 16 heavy (non-hydrogen) atoms. The zero-order valence-corrected chi connectivity index (χ0v) is 9.81. The Kier molecular flexibility index (Phi) is 2.99. The summed E-state index contributed by atoms with van der Waals surface area (Å²) in [6.45, 7) is 4.29. The van der Waals surface area contributed by atoms with Crippen molar-refractivity contribution in [2.75, 3.05) is 0 Å². The van der Waals surface area contributed by atoms with E-state index in [1.807, 2.05) is 10.8 Å². The maximum atomic E-state index is 11.1. The molecule has 1 aliphatic rings. The first-order valence-electron chi connectivity index (χ1n) is 5.87. The monoisotopic (exact) mass is 222 g/mol. The Balaban J connectivity index is 2.27. The minimum Gasteiger partial charge on any atom is -0.480 e. The van der Waals surface area contributed by atoms with Crippen molar-refractivity contribution < 1.29 is 9.90 Å². The molecule has 2 heterocycles. The molecule has 0 saturated heterocycles. The van der Waals surface area contributed by atoms with Crippen molar-refractivity contribution in [2.45, 2.75) is 45.6 Å². The highest BCUT2D eigenvalue weighted by atomic mass is 16.4. The van der Waals surface area contributed by atoms with Crippen molar-refractivity contribution in [3.63, 3.8) is 0 Å². The number of hydrogen-bond acceptors (Lipinski definition) is 2. The van der Waals surface area contributed by atoms with Gasteiger partial charge in [-0.3, -0.25) is 0 Å². The van der Waals surface area contributed by atoms with Crippen LogP contribution in [-0.2, 0) is 17.6 Å². The van der Waals surface area contributed by atoms with Crippen molar-refractivity contribution >= 4 is 5.97 Å². The number of carboxylic acids is 1. The summed E-state index contributed by atoms with van der Waals surface area (Å²) in [4.78, 5) is 15.6. The van der Waals surface area contributed by atoms with Crippen molar-refractivity contribution in [3.05, 3.63) is 17.7 Å². The molecule has 0 aliphatic carbocycles. The number of carbonyl (C=O) groups is 1. The van der Waals surface area contributed by atoms with Gasteiger partial charge in [0.2, 0.25) is 0 Å². The van der Waals surface area contributed by atoms with Gasteiger partial charge in [-0.25, -0.2) is 9.78 Å². The average molecular weight is 222 g/mol. The molecule has 1 aromatic rings. The molecule has 4 heteroatoms. The van der Waals surface area contributed by atoms with Crippen molar-refractivity contribution in [1.82, 2.24) is 9.55 Å². The predicted molar refractivity (Wildman–Crippen MR) is 60.4 cm³/mol. The lowest BCUT2D eigenvalue weighted by Crippen LogP contribution is -2.24. The fourth-order valence-electron chi connectivity index (χ4n) is 2.29. The van der Waals surface area contributed by atoms with Crippen LogP contribution in [0.3, 0.4) is 0 Å². The zero-order chi connectivity index (χ0) is 11.7. The van der Waals surface area contributed by atoms with Gasteiger partial charge in [-0.1, -0.05) is 13.8 Å². The number of nitrogens with zero attached hydrogens (tertiary/aromatic N) is 2. The van der Waals surface area contributed by atoms with Crippen LogP contribution in [0.1, 0.15) is 44.2 Å². The summed E-state index contributed by atoms with van der Waals surface area (Å²) < 4.78 is 1.85. The molecule has 1 aliphatic heterocycles. The second kappa shape index (κ2) is 4.28. The van der Waals surface area contributed by atoms with Gasteiger partial charge >= 0.3 is 5.97 Å². The van der Waals surface area contributed by atoms with E-state index >= 15 is 0 Å². The lowest BCUT2D eigenvalue weighted by atomic mass is 10.1. The predicted octanol–water partition coefficient (Wildman–Crippen LogP) is 2.04. The van der Waals surface area contributed by atoms with Gasteiger partial charge in [-0.2, -0.15) is 0 Å². The smallest absolute Gasteiger partial charge is 0.326 e. The van der Waals surface area contributed by atoms with E-state index < -0.39 is 12.0 Å². The van der Waals surface area contributed by atoms with E-state index in [9.17, 15) is 4.79 Å². The lowest BCUT2D eigenvalue weighted by molar-refractivity contribution is -0.141. The highest BCUT2D eigenvalue weighted by Gasteiger charge is 2.26. The van der Waals surface area contributed by atoms with Gasteiger partial charge in [0.1, 0.15) is 11.9 Å². The first kappa shape index (κ1) is 11.2. The van der Waals surface area contributed by atoms with E-state index in [-0.39, 0.29) is 0 Å². The molecule has 0 aromatic carbocycles. The van der Waals surface area contributed by atoms with Crippen LogP contribution in [0.2, 0.25) is 0 Å². The molecular weight excluding hydrogens is 204 g/mol. The van der Waals surface area contributed by atoms with E-state index in [4.69, 9.17) is 5.11 Å². The van der Waals surface area contributed by atoms with Crippen LogP contribution in [0.5, 0.6) is 0 Å². The molecule has 88 valence electrons. The van der Waals surface area contributed by atoms with E-state index in [0.717, 1.165) is 37.2 Å². The van der Waals surface area contributed by atoms with Crippen LogP contribution in [-0.4, -0.2) is 20.6 Å². The van der Waals surface area contributed by atoms with Gasteiger partial charge in [0.05, 0.1) is 5.69 Å². The fraction of sp³-hybridized carbons (Fsp3) is 0.667. The Bertz CT molecular complexity index is 396. The van der Waals surface area contributed by atoms with E-state index in [2.05, 4.69) is 18.8 Å². The third-order valence-corrected chi connectivity index (χ3v) is 2.97. The van der Waals surface area contributed by atoms with E-state index in [0.29, 0.717) is 5.92 Å². The molecule has 0 amide bonds. The lowest BCUT2D eigenvalue weighted by Gasteiger charge is -2.20. The Labute approximate surface area is 95.3 Å². The molecule has 0 bridgehead atoms. The van der Waals surface area contributed by atoms with Gasteiger partial charge in [0.15, 0.2) is 0 Å². The van der Waals surface area contributed by atoms with E-state index in [1.54, 1.807) is 0 Å². The zero-order valence-electron chi connectivity index (χ0n) is 9.81. The number of carboxylic acid groups (broad SMARTS) is 1. The topological polar surface area (TPSA) is 55.1 Å². The highest BCUT2D eigenvalue weighted by molar-refractivity contribution is 5.72. The normalized spacial score (nSPS) is 19.8. The van der Waals surface area contributed by atoms with Crippen LogP contribution in [0.25, 0.3) is 0 Å². The first-order chi connectivity index (χ1) is 7.58. The molecule has 0 spiro atoms. The molecule has 1 atom stereocenters. The molecule has 0 saturated carbocycles. The minimum atomic E-state index is -0.741. The summed E-state index contributed by atoms with van der Waals surface area (Å²) in [7, 11) is 0. The van der Waals surface area contributed by atoms with Crippen molar-refractivity contribution in [2.24, 2.45) is 5.92 Å². The molecule has 4 nitrogen and oxygen atoms in total. The van der Waals surface area contributed by atoms with Gasteiger partial charge in [0.25, 0.3) is 0 Å². The summed E-state index contributed by atoms with van der Waals surface area (Å²) in [6.07, 6.45) is 5.40. The molecule has 1 N–H and O–H groups in total. The Morgan fingerprint density at radius 3 is 3.06 bits per heavy atom. The van der Waals surface area contributed by atoms with Gasteiger partial charge < -0.3 is 9.67 Å². The molecular formula is C12H18N2O2. The number of aromatic nitrogens is 2. The number of fused-ring (bicyclic) bond motifs is 1. The first-order valence-corrected chi connectivity index (χ1v) is 5.87. The van der Waals surface area contributed by atoms with Crippen LogP contribution in [0, 0.1) is 5.92 Å². The summed E-state index contributed by atoms with van der Waals surface area (Å²) in [5.41, 5.74) is 1.03. The van der Waals surface area contributed by atoms with Gasteiger partial charge in [-0.15, -0.1) is 0 Å². The highest BCUT2D eigenvalue weighted by Crippen LogP contribution is 2.25. The SMILES string of the molecule is CC(C)Cc1cn2c(n1)CCCC2C(=O)O. The standard InChI is InChI=1S/C12H18N2O2/c1-8(2)6-9-7-14-10(12(15)16)4-3-5-11(14)13-9/h7-8,10H,3-6H2,1-2H3,(H,15,16). The second-order valence-corrected chi connectivity index (χ2v) is 4.90. The molecule has 2 rings (SSSR count). The summed E-state index contributed by atoms with van der Waals surface area (Å²) in [5.74, 6) is 0.754.